The van der Waals surface area contributed by atoms with Gasteiger partial charge < -0.3 is 16.2 Å². The SMILES string of the molecule is Nc1ccc(NC2CCC(O)CC2)c2ncc(Br)cc12. The number of halogens is 1. The second kappa shape index (κ2) is 5.58. The number of nitrogens with zero attached hydrogens (tertiary/aromatic N) is 1. The van der Waals surface area contributed by atoms with E-state index in [4.69, 9.17) is 5.73 Å². The molecular weight excluding hydrogens is 318 g/mol. The van der Waals surface area contributed by atoms with Gasteiger partial charge in [-0.15, -0.1) is 0 Å². The first kappa shape index (κ1) is 13.6. The molecule has 0 aliphatic heterocycles. The fraction of sp³-hybridized carbons (Fsp3) is 0.400. The van der Waals surface area contributed by atoms with Crippen LogP contribution in [-0.2, 0) is 0 Å². The van der Waals surface area contributed by atoms with E-state index in [9.17, 15) is 5.11 Å². The molecule has 3 rings (SSSR count). The highest BCUT2D eigenvalue weighted by Crippen LogP contribution is 2.31. The number of fused-ring (bicyclic) bond motifs is 1. The van der Waals surface area contributed by atoms with Crippen LogP contribution in [0.4, 0.5) is 11.4 Å². The van der Waals surface area contributed by atoms with E-state index in [1.54, 1.807) is 6.20 Å². The summed E-state index contributed by atoms with van der Waals surface area (Å²) in [7, 11) is 0. The van der Waals surface area contributed by atoms with Crippen LogP contribution in [0, 0.1) is 0 Å². The van der Waals surface area contributed by atoms with Gasteiger partial charge in [0.1, 0.15) is 0 Å². The van der Waals surface area contributed by atoms with Gasteiger partial charge in [-0.25, -0.2) is 0 Å². The Balaban J connectivity index is 1.90. The van der Waals surface area contributed by atoms with Crippen LogP contribution in [0.15, 0.2) is 28.9 Å². The molecule has 5 heteroatoms. The van der Waals surface area contributed by atoms with E-state index >= 15 is 0 Å². The second-order valence-corrected chi connectivity index (χ2v) is 6.32. The maximum Gasteiger partial charge on any atom is 0.0954 e. The molecule has 1 aromatic carbocycles. The van der Waals surface area contributed by atoms with Gasteiger partial charge in [0.2, 0.25) is 0 Å². The van der Waals surface area contributed by atoms with Gasteiger partial charge in [0.25, 0.3) is 0 Å². The van der Waals surface area contributed by atoms with Crippen molar-refractivity contribution in [2.45, 2.75) is 37.8 Å². The number of nitrogen functional groups attached to an aromatic ring is 1. The predicted molar refractivity (Wildman–Crippen MR) is 85.7 cm³/mol. The van der Waals surface area contributed by atoms with Crippen molar-refractivity contribution in [1.82, 2.24) is 4.98 Å². The lowest BCUT2D eigenvalue weighted by molar-refractivity contribution is 0.126. The monoisotopic (exact) mass is 335 g/mol. The fourth-order valence-corrected chi connectivity index (χ4v) is 3.10. The van der Waals surface area contributed by atoms with Crippen molar-refractivity contribution in [3.8, 4) is 0 Å². The lowest BCUT2D eigenvalue weighted by Crippen LogP contribution is -2.28. The number of anilines is 2. The highest BCUT2D eigenvalue weighted by atomic mass is 79.9. The van der Waals surface area contributed by atoms with Gasteiger partial charge in [0.05, 0.1) is 17.3 Å². The summed E-state index contributed by atoms with van der Waals surface area (Å²) in [6.45, 7) is 0. The lowest BCUT2D eigenvalue weighted by Gasteiger charge is -2.27. The summed E-state index contributed by atoms with van der Waals surface area (Å²) in [5.41, 5.74) is 8.68. The number of nitrogens with two attached hydrogens (primary N) is 1. The Morgan fingerprint density at radius 3 is 2.75 bits per heavy atom. The van der Waals surface area contributed by atoms with E-state index in [-0.39, 0.29) is 6.10 Å². The van der Waals surface area contributed by atoms with Crippen LogP contribution in [0.2, 0.25) is 0 Å². The molecule has 1 saturated carbocycles. The normalized spacial score (nSPS) is 22.9. The van der Waals surface area contributed by atoms with Gasteiger partial charge in [-0.2, -0.15) is 0 Å². The van der Waals surface area contributed by atoms with Crippen LogP contribution in [0.5, 0.6) is 0 Å². The standard InChI is InChI=1S/C15H18BrN3O/c16-9-7-12-13(17)5-6-14(15(12)18-8-9)19-10-1-3-11(20)4-2-10/h5-8,10-11,19-20H,1-4,17H2. The maximum absolute atomic E-state index is 9.57. The van der Waals surface area contributed by atoms with Gasteiger partial charge >= 0.3 is 0 Å². The zero-order valence-corrected chi connectivity index (χ0v) is 12.7. The zero-order chi connectivity index (χ0) is 14.1. The quantitative estimate of drug-likeness (QED) is 0.736. The molecule has 0 saturated heterocycles. The third kappa shape index (κ3) is 2.74. The number of nitrogens with one attached hydrogen (secondary N) is 1. The van der Waals surface area contributed by atoms with E-state index in [1.807, 2.05) is 18.2 Å². The average Bonchev–Trinajstić information content (AvgIpc) is 2.44. The van der Waals surface area contributed by atoms with Crippen LogP contribution >= 0.6 is 15.9 Å². The minimum Gasteiger partial charge on any atom is -0.398 e. The fourth-order valence-electron chi connectivity index (χ4n) is 2.77. The molecular formula is C15H18BrN3O. The molecule has 0 unspecified atom stereocenters. The summed E-state index contributed by atoms with van der Waals surface area (Å²) in [5.74, 6) is 0. The van der Waals surface area contributed by atoms with E-state index < -0.39 is 0 Å². The Labute approximate surface area is 126 Å². The second-order valence-electron chi connectivity index (χ2n) is 5.40. The van der Waals surface area contributed by atoms with Crippen molar-refractivity contribution in [3.63, 3.8) is 0 Å². The van der Waals surface area contributed by atoms with Crippen LogP contribution in [0.25, 0.3) is 10.9 Å². The Morgan fingerprint density at radius 2 is 2.00 bits per heavy atom. The minimum atomic E-state index is -0.134. The molecule has 1 heterocycles. The first-order valence-electron chi connectivity index (χ1n) is 6.92. The summed E-state index contributed by atoms with van der Waals surface area (Å²) < 4.78 is 0.926. The van der Waals surface area contributed by atoms with Gasteiger partial charge in [0, 0.05) is 27.8 Å². The number of aliphatic hydroxyl groups excluding tert-OH is 1. The Hall–Kier alpha value is -1.33. The number of hydrogen-bond donors (Lipinski definition) is 3. The molecule has 1 fully saturated rings. The molecule has 0 bridgehead atoms. The third-order valence-electron chi connectivity index (χ3n) is 3.91. The number of pyridine rings is 1. The molecule has 0 atom stereocenters. The van der Waals surface area contributed by atoms with Crippen molar-refractivity contribution >= 4 is 38.2 Å². The smallest absolute Gasteiger partial charge is 0.0954 e. The van der Waals surface area contributed by atoms with E-state index in [2.05, 4.69) is 26.2 Å². The Morgan fingerprint density at radius 1 is 1.25 bits per heavy atom. The highest BCUT2D eigenvalue weighted by molar-refractivity contribution is 9.10. The molecule has 1 aliphatic carbocycles. The molecule has 4 N–H and O–H groups in total. The molecule has 0 radical (unpaired) electrons. The molecule has 1 aromatic heterocycles. The number of aliphatic hydroxyl groups is 1. The summed E-state index contributed by atoms with van der Waals surface area (Å²) in [5, 5.41) is 14.1. The number of benzene rings is 1. The van der Waals surface area contributed by atoms with Gasteiger partial charge in [-0.1, -0.05) is 0 Å². The third-order valence-corrected chi connectivity index (χ3v) is 4.34. The summed E-state index contributed by atoms with van der Waals surface area (Å²) in [4.78, 5) is 4.48. The molecule has 4 nitrogen and oxygen atoms in total. The van der Waals surface area contributed by atoms with Gasteiger partial charge in [0.15, 0.2) is 0 Å². The zero-order valence-electron chi connectivity index (χ0n) is 11.1. The first-order valence-corrected chi connectivity index (χ1v) is 7.71. The van der Waals surface area contributed by atoms with Crippen LogP contribution in [0.3, 0.4) is 0 Å². The molecule has 1 aliphatic rings. The van der Waals surface area contributed by atoms with Gasteiger partial charge in [-0.3, -0.25) is 4.98 Å². The summed E-state index contributed by atoms with van der Waals surface area (Å²) >= 11 is 3.43. The summed E-state index contributed by atoms with van der Waals surface area (Å²) in [6.07, 6.45) is 5.36. The van der Waals surface area contributed by atoms with Crippen molar-refractivity contribution in [3.05, 3.63) is 28.9 Å². The van der Waals surface area contributed by atoms with Crippen LogP contribution < -0.4 is 11.1 Å². The largest absolute Gasteiger partial charge is 0.398 e. The lowest BCUT2D eigenvalue weighted by atomic mass is 9.93. The Bertz CT molecular complexity index is 624. The van der Waals surface area contributed by atoms with E-state index in [0.29, 0.717) is 6.04 Å². The van der Waals surface area contributed by atoms with Crippen molar-refractivity contribution < 1.29 is 5.11 Å². The molecule has 0 amide bonds. The average molecular weight is 336 g/mol. The maximum atomic E-state index is 9.57. The highest BCUT2D eigenvalue weighted by Gasteiger charge is 2.20. The molecule has 0 spiro atoms. The number of hydrogen-bond acceptors (Lipinski definition) is 4. The van der Waals surface area contributed by atoms with Crippen molar-refractivity contribution in [2.75, 3.05) is 11.1 Å². The predicted octanol–water partition coefficient (Wildman–Crippen LogP) is 3.29. The van der Waals surface area contributed by atoms with Crippen molar-refractivity contribution in [1.29, 1.82) is 0 Å². The van der Waals surface area contributed by atoms with E-state index in [1.165, 1.54) is 0 Å². The molecule has 20 heavy (non-hydrogen) atoms. The van der Waals surface area contributed by atoms with Crippen LogP contribution in [0.1, 0.15) is 25.7 Å². The van der Waals surface area contributed by atoms with Gasteiger partial charge in [-0.05, 0) is 59.8 Å². The Kier molecular flexibility index (Phi) is 3.81. The summed E-state index contributed by atoms with van der Waals surface area (Å²) in [6, 6.07) is 6.30. The minimum absolute atomic E-state index is 0.134. The first-order chi connectivity index (χ1) is 9.63. The van der Waals surface area contributed by atoms with E-state index in [0.717, 1.165) is 52.4 Å². The van der Waals surface area contributed by atoms with Crippen molar-refractivity contribution in [2.24, 2.45) is 0 Å². The number of rotatable bonds is 2. The number of aromatic nitrogens is 1. The molecule has 106 valence electrons. The van der Waals surface area contributed by atoms with Crippen LogP contribution in [-0.4, -0.2) is 22.2 Å². The molecule has 2 aromatic rings. The topological polar surface area (TPSA) is 71.2 Å².